The minimum absolute atomic E-state index is 0.554. The second kappa shape index (κ2) is 5.08. The normalized spacial score (nSPS) is 52.4. The van der Waals surface area contributed by atoms with E-state index in [9.17, 15) is 0 Å². The number of hydrogen-bond acceptors (Lipinski definition) is 2. The van der Waals surface area contributed by atoms with Gasteiger partial charge in [0.15, 0.2) is 0 Å². The minimum Gasteiger partial charge on any atom is -0.374 e. The van der Waals surface area contributed by atoms with Crippen molar-refractivity contribution in [1.29, 1.82) is 0 Å². The van der Waals surface area contributed by atoms with Gasteiger partial charge in [0.05, 0.1) is 12.7 Å². The summed E-state index contributed by atoms with van der Waals surface area (Å²) in [5, 5.41) is 0. The minimum atomic E-state index is 0.554. The van der Waals surface area contributed by atoms with Gasteiger partial charge in [-0.05, 0) is 74.0 Å². The number of likely N-dealkylation sites (tertiary alicyclic amines) is 1. The van der Waals surface area contributed by atoms with Gasteiger partial charge in [-0.3, -0.25) is 4.90 Å². The number of nitrogens with zero attached hydrogens (tertiary/aromatic N) is 1. The Morgan fingerprint density at radius 2 is 1.91 bits per heavy atom. The fraction of sp³-hybridized carbons (Fsp3) is 0.900. The van der Waals surface area contributed by atoms with Crippen LogP contribution >= 0.6 is 0 Å². The molecule has 4 saturated carbocycles. The molecule has 0 N–H and O–H groups in total. The molecule has 5 fully saturated rings. The molecular weight excluding hydrogens is 270 g/mol. The summed E-state index contributed by atoms with van der Waals surface area (Å²) in [6.07, 6.45) is 11.2. The Morgan fingerprint density at radius 1 is 1.09 bits per heavy atom. The first-order valence-corrected chi connectivity index (χ1v) is 9.80. The number of ether oxygens (including phenoxy) is 1. The van der Waals surface area contributed by atoms with E-state index < -0.39 is 0 Å². The van der Waals surface area contributed by atoms with Crippen molar-refractivity contribution in [2.24, 2.45) is 35.5 Å². The quantitative estimate of drug-likeness (QED) is 0.693. The van der Waals surface area contributed by atoms with E-state index in [-0.39, 0.29) is 0 Å². The summed E-state index contributed by atoms with van der Waals surface area (Å²) in [7, 11) is 0. The van der Waals surface area contributed by atoms with Crippen molar-refractivity contribution in [2.75, 3.05) is 13.2 Å². The molecule has 22 heavy (non-hydrogen) atoms. The van der Waals surface area contributed by atoms with Gasteiger partial charge >= 0.3 is 0 Å². The van der Waals surface area contributed by atoms with Gasteiger partial charge in [0, 0.05) is 18.6 Å². The summed E-state index contributed by atoms with van der Waals surface area (Å²) in [4.78, 5) is 2.99. The molecule has 5 rings (SSSR count). The van der Waals surface area contributed by atoms with Crippen LogP contribution < -0.4 is 0 Å². The monoisotopic (exact) mass is 301 g/mol. The first kappa shape index (κ1) is 14.0. The number of fused-ring (bicyclic) bond motifs is 5. The van der Waals surface area contributed by atoms with Crippen LogP contribution in [0.25, 0.3) is 0 Å². The maximum atomic E-state index is 6.14. The summed E-state index contributed by atoms with van der Waals surface area (Å²) < 4.78 is 6.14. The van der Waals surface area contributed by atoms with Crippen LogP contribution in [0.2, 0.25) is 0 Å². The topological polar surface area (TPSA) is 12.5 Å². The summed E-state index contributed by atoms with van der Waals surface area (Å²) in [5.74, 6) is 5.91. The highest BCUT2D eigenvalue weighted by Gasteiger charge is 2.65. The Hall–Kier alpha value is -0.340. The zero-order valence-electron chi connectivity index (χ0n) is 14.0. The lowest BCUT2D eigenvalue weighted by Gasteiger charge is -2.49. The Labute approximate surface area is 135 Å². The van der Waals surface area contributed by atoms with Gasteiger partial charge in [0.25, 0.3) is 0 Å². The summed E-state index contributed by atoms with van der Waals surface area (Å²) in [5.41, 5.74) is 0. The Kier molecular flexibility index (Phi) is 3.24. The highest BCUT2D eigenvalue weighted by molar-refractivity contribution is 5.17. The van der Waals surface area contributed by atoms with E-state index in [0.29, 0.717) is 6.10 Å². The number of piperidine rings is 1. The van der Waals surface area contributed by atoms with Crippen LogP contribution in [0, 0.1) is 35.5 Å². The molecule has 8 unspecified atom stereocenters. The van der Waals surface area contributed by atoms with Crippen molar-refractivity contribution in [3.8, 4) is 0 Å². The van der Waals surface area contributed by atoms with Crippen LogP contribution in [0.1, 0.15) is 45.4 Å². The van der Waals surface area contributed by atoms with Gasteiger partial charge in [0.1, 0.15) is 0 Å². The molecular formula is C20H31NO. The molecule has 8 atom stereocenters. The molecule has 2 nitrogen and oxygen atoms in total. The lowest BCUT2D eigenvalue weighted by Crippen LogP contribution is -2.53. The van der Waals surface area contributed by atoms with Crippen molar-refractivity contribution >= 4 is 0 Å². The third kappa shape index (κ3) is 2.13. The van der Waals surface area contributed by atoms with E-state index in [1.807, 2.05) is 6.08 Å². The largest absolute Gasteiger partial charge is 0.374 e. The number of hydrogen-bond donors (Lipinski definition) is 0. The molecule has 2 heteroatoms. The molecule has 0 aromatic carbocycles. The molecule has 1 heterocycles. The van der Waals surface area contributed by atoms with Crippen molar-refractivity contribution < 1.29 is 4.74 Å². The van der Waals surface area contributed by atoms with Crippen LogP contribution in [0.4, 0.5) is 0 Å². The molecule has 0 amide bonds. The van der Waals surface area contributed by atoms with Crippen LogP contribution in [0.15, 0.2) is 12.7 Å². The summed E-state index contributed by atoms with van der Waals surface area (Å²) in [6.45, 7) is 8.45. The molecule has 1 saturated heterocycles. The maximum absolute atomic E-state index is 6.14. The second-order valence-corrected chi connectivity index (χ2v) is 8.78. The Bertz CT molecular complexity index is 459. The van der Waals surface area contributed by atoms with Gasteiger partial charge in [-0.25, -0.2) is 0 Å². The fourth-order valence-electron chi connectivity index (χ4n) is 6.32. The average Bonchev–Trinajstić information content (AvgIpc) is 3.33. The summed E-state index contributed by atoms with van der Waals surface area (Å²) >= 11 is 0. The smallest absolute Gasteiger partial charge is 0.0648 e. The molecule has 5 aliphatic rings. The van der Waals surface area contributed by atoms with Gasteiger partial charge in [-0.1, -0.05) is 13.0 Å². The van der Waals surface area contributed by atoms with E-state index >= 15 is 0 Å². The first-order valence-electron chi connectivity index (χ1n) is 9.80. The van der Waals surface area contributed by atoms with Crippen molar-refractivity contribution in [3.05, 3.63) is 12.7 Å². The predicted molar refractivity (Wildman–Crippen MR) is 88.5 cm³/mol. The van der Waals surface area contributed by atoms with Crippen LogP contribution in [0.5, 0.6) is 0 Å². The molecule has 122 valence electrons. The summed E-state index contributed by atoms with van der Waals surface area (Å²) in [6, 6.07) is 1.84. The van der Waals surface area contributed by atoms with Gasteiger partial charge in [0.2, 0.25) is 0 Å². The zero-order valence-corrected chi connectivity index (χ0v) is 14.0. The second-order valence-electron chi connectivity index (χ2n) is 8.78. The van der Waals surface area contributed by atoms with Crippen LogP contribution in [0.3, 0.4) is 0 Å². The zero-order chi connectivity index (χ0) is 14.8. The Morgan fingerprint density at radius 3 is 2.64 bits per heavy atom. The van der Waals surface area contributed by atoms with Crippen molar-refractivity contribution in [3.63, 3.8) is 0 Å². The molecule has 0 aromatic heterocycles. The molecule has 0 radical (unpaired) electrons. The van der Waals surface area contributed by atoms with Gasteiger partial charge < -0.3 is 4.74 Å². The standard InChI is InChI=1S/C20H31NO/c1-3-7-22-19-10-16-13-9-18(13)21(11-12-5-6-12)17(4-2)20(16)15-8-14(15)19/h3,12-20H,1,4-11H2,2H3. The Balaban J connectivity index is 1.35. The van der Waals surface area contributed by atoms with E-state index in [2.05, 4.69) is 18.4 Å². The molecule has 0 spiro atoms. The third-order valence-electron chi connectivity index (χ3n) is 7.53. The maximum Gasteiger partial charge on any atom is 0.0648 e. The van der Waals surface area contributed by atoms with Crippen LogP contribution in [-0.4, -0.2) is 36.2 Å². The van der Waals surface area contributed by atoms with E-state index in [4.69, 9.17) is 4.74 Å². The van der Waals surface area contributed by atoms with E-state index in [1.54, 1.807) is 0 Å². The van der Waals surface area contributed by atoms with E-state index in [0.717, 1.165) is 54.2 Å². The van der Waals surface area contributed by atoms with E-state index in [1.165, 1.54) is 45.1 Å². The fourth-order valence-corrected chi connectivity index (χ4v) is 6.32. The molecule has 0 aromatic rings. The van der Waals surface area contributed by atoms with Crippen molar-refractivity contribution in [1.82, 2.24) is 4.90 Å². The number of rotatable bonds is 6. The van der Waals surface area contributed by atoms with Crippen molar-refractivity contribution in [2.45, 2.75) is 63.6 Å². The van der Waals surface area contributed by atoms with Gasteiger partial charge in [-0.2, -0.15) is 0 Å². The SMILES string of the molecule is C=CCOC1CC2C3CC3N(CC3CC3)C(CC)C2C2CC12. The molecule has 0 bridgehead atoms. The van der Waals surface area contributed by atoms with Crippen LogP contribution in [-0.2, 0) is 4.74 Å². The third-order valence-corrected chi connectivity index (χ3v) is 7.53. The van der Waals surface area contributed by atoms with Gasteiger partial charge in [-0.15, -0.1) is 6.58 Å². The first-order chi connectivity index (χ1) is 10.8. The lowest BCUT2D eigenvalue weighted by molar-refractivity contribution is -0.0523. The predicted octanol–water partition coefficient (Wildman–Crippen LogP) is 3.72. The lowest BCUT2D eigenvalue weighted by atomic mass is 9.68. The average molecular weight is 301 g/mol. The molecule has 1 aliphatic heterocycles. The highest BCUT2D eigenvalue weighted by Crippen LogP contribution is 2.66. The molecule has 4 aliphatic carbocycles. The highest BCUT2D eigenvalue weighted by atomic mass is 16.5.